The number of hydrogen-bond acceptors (Lipinski definition) is 5. The van der Waals surface area contributed by atoms with Crippen LogP contribution in [0.3, 0.4) is 0 Å². The summed E-state index contributed by atoms with van der Waals surface area (Å²) in [5, 5.41) is 12.4. The molecule has 1 radical (unpaired) electrons. The molecular weight excluding hydrogens is 192 g/mol. The molecule has 2 aromatic rings. The highest BCUT2D eigenvalue weighted by Gasteiger charge is 2.01. The first-order chi connectivity index (χ1) is 7.25. The van der Waals surface area contributed by atoms with Crippen molar-refractivity contribution in [2.24, 2.45) is 0 Å². The Hall–Kier alpha value is -2.30. The van der Waals surface area contributed by atoms with Crippen LogP contribution in [0.1, 0.15) is 0 Å². The van der Waals surface area contributed by atoms with E-state index in [0.717, 1.165) is 0 Å². The highest BCUT2D eigenvalue weighted by molar-refractivity contribution is 5.64. The Bertz CT molecular complexity index is 472. The zero-order valence-electron chi connectivity index (χ0n) is 7.81. The minimum absolute atomic E-state index is 0.148. The number of para-hydroxylation sites is 2. The quantitative estimate of drug-likeness (QED) is 0.638. The molecule has 0 aliphatic carbocycles. The molecule has 1 aromatic heterocycles. The maximum absolute atomic E-state index is 9.49. The normalized spacial score (nSPS) is 9.87. The van der Waals surface area contributed by atoms with Crippen molar-refractivity contribution in [1.82, 2.24) is 9.97 Å². The van der Waals surface area contributed by atoms with Crippen molar-refractivity contribution in [3.05, 3.63) is 36.7 Å². The van der Waals surface area contributed by atoms with E-state index in [1.807, 2.05) is 0 Å². The van der Waals surface area contributed by atoms with Crippen molar-refractivity contribution in [2.75, 3.05) is 11.1 Å². The van der Waals surface area contributed by atoms with Gasteiger partial charge in [-0.25, -0.2) is 9.97 Å². The predicted octanol–water partition coefficient (Wildman–Crippen LogP) is 1.31. The Morgan fingerprint density at radius 2 is 2.07 bits per heavy atom. The van der Waals surface area contributed by atoms with Gasteiger partial charge in [0.2, 0.25) is 6.33 Å². The fourth-order valence-corrected chi connectivity index (χ4v) is 1.12. The van der Waals surface area contributed by atoms with Gasteiger partial charge in [0.25, 0.3) is 0 Å². The zero-order valence-corrected chi connectivity index (χ0v) is 7.81. The van der Waals surface area contributed by atoms with Gasteiger partial charge in [0.15, 0.2) is 0 Å². The van der Waals surface area contributed by atoms with Gasteiger partial charge < -0.3 is 16.2 Å². The first-order valence-corrected chi connectivity index (χ1v) is 4.31. The highest BCUT2D eigenvalue weighted by Crippen LogP contribution is 2.24. The summed E-state index contributed by atoms with van der Waals surface area (Å²) in [6.45, 7) is 0. The standard InChI is InChI=1S/C10H9N4O/c11-9-5-10(13-6-12-9)14-7-3-1-2-4-8(7)15/h1-5,15H,(H3,11,12,13,14). The number of hydrogen-bond donors (Lipinski definition) is 3. The maximum atomic E-state index is 9.49. The predicted molar refractivity (Wildman–Crippen MR) is 56.7 cm³/mol. The summed E-state index contributed by atoms with van der Waals surface area (Å²) in [5.74, 6) is 0.960. The van der Waals surface area contributed by atoms with Crippen LogP contribution in [-0.4, -0.2) is 15.1 Å². The number of benzene rings is 1. The highest BCUT2D eigenvalue weighted by atomic mass is 16.3. The van der Waals surface area contributed by atoms with E-state index in [2.05, 4.69) is 21.6 Å². The molecule has 1 heterocycles. The second-order valence-electron chi connectivity index (χ2n) is 2.92. The molecule has 0 aliphatic rings. The van der Waals surface area contributed by atoms with Crippen LogP contribution in [-0.2, 0) is 0 Å². The fourth-order valence-electron chi connectivity index (χ4n) is 1.12. The monoisotopic (exact) mass is 201 g/mol. The minimum Gasteiger partial charge on any atom is -0.506 e. The van der Waals surface area contributed by atoms with Crippen molar-refractivity contribution in [2.45, 2.75) is 0 Å². The molecule has 75 valence electrons. The number of nitrogens with two attached hydrogens (primary N) is 1. The molecule has 0 unspecified atom stereocenters. The Morgan fingerprint density at radius 3 is 2.80 bits per heavy atom. The van der Waals surface area contributed by atoms with Crippen LogP contribution in [0.15, 0.2) is 30.3 Å². The number of phenols is 1. The van der Waals surface area contributed by atoms with E-state index in [9.17, 15) is 5.11 Å². The molecule has 4 N–H and O–H groups in total. The van der Waals surface area contributed by atoms with Crippen molar-refractivity contribution in [1.29, 1.82) is 0 Å². The van der Waals surface area contributed by atoms with Crippen LogP contribution < -0.4 is 11.1 Å². The molecule has 15 heavy (non-hydrogen) atoms. The van der Waals surface area contributed by atoms with Gasteiger partial charge in [-0.3, -0.25) is 0 Å². The van der Waals surface area contributed by atoms with Crippen LogP contribution in [0.2, 0.25) is 0 Å². The minimum atomic E-state index is 0.148. The molecule has 0 fully saturated rings. The number of nitrogen functional groups attached to an aromatic ring is 1. The Kier molecular flexibility index (Phi) is 2.37. The van der Waals surface area contributed by atoms with E-state index in [1.54, 1.807) is 30.3 Å². The lowest BCUT2D eigenvalue weighted by Crippen LogP contribution is -1.97. The van der Waals surface area contributed by atoms with E-state index < -0.39 is 0 Å². The molecular formula is C10H9N4O. The van der Waals surface area contributed by atoms with Gasteiger partial charge in [-0.2, -0.15) is 0 Å². The van der Waals surface area contributed by atoms with Gasteiger partial charge in [0.05, 0.1) is 5.69 Å². The summed E-state index contributed by atoms with van der Waals surface area (Å²) in [5.41, 5.74) is 6.02. The summed E-state index contributed by atoms with van der Waals surface area (Å²) in [4.78, 5) is 7.48. The lowest BCUT2D eigenvalue weighted by atomic mass is 10.3. The molecule has 0 atom stereocenters. The van der Waals surface area contributed by atoms with Gasteiger partial charge in [-0.15, -0.1) is 0 Å². The first kappa shape index (κ1) is 9.26. The second-order valence-corrected chi connectivity index (χ2v) is 2.92. The van der Waals surface area contributed by atoms with Crippen LogP contribution in [0.4, 0.5) is 17.3 Å². The number of aromatic hydroxyl groups is 1. The van der Waals surface area contributed by atoms with Crippen LogP contribution in [0.25, 0.3) is 0 Å². The largest absolute Gasteiger partial charge is 0.506 e. The second kappa shape index (κ2) is 3.83. The average molecular weight is 201 g/mol. The number of nitrogens with one attached hydrogen (secondary N) is 1. The molecule has 5 nitrogen and oxygen atoms in total. The van der Waals surface area contributed by atoms with E-state index >= 15 is 0 Å². The number of nitrogens with zero attached hydrogens (tertiary/aromatic N) is 2. The molecule has 2 rings (SSSR count). The summed E-state index contributed by atoms with van der Waals surface area (Å²) >= 11 is 0. The molecule has 0 bridgehead atoms. The van der Waals surface area contributed by atoms with E-state index in [0.29, 0.717) is 17.3 Å². The van der Waals surface area contributed by atoms with E-state index in [4.69, 9.17) is 5.73 Å². The van der Waals surface area contributed by atoms with Crippen molar-refractivity contribution < 1.29 is 5.11 Å². The third-order valence-corrected chi connectivity index (χ3v) is 1.80. The molecule has 0 aliphatic heterocycles. The number of anilines is 3. The number of rotatable bonds is 2. The number of aromatic nitrogens is 2. The van der Waals surface area contributed by atoms with Gasteiger partial charge in [-0.05, 0) is 12.1 Å². The van der Waals surface area contributed by atoms with Gasteiger partial charge in [0.1, 0.15) is 17.4 Å². The van der Waals surface area contributed by atoms with Crippen LogP contribution in [0, 0.1) is 6.33 Å². The van der Waals surface area contributed by atoms with Crippen LogP contribution >= 0.6 is 0 Å². The first-order valence-electron chi connectivity index (χ1n) is 4.31. The SMILES string of the molecule is Nc1cc(Nc2ccccc2O)n[c]n1. The van der Waals surface area contributed by atoms with Gasteiger partial charge in [0, 0.05) is 6.07 Å². The summed E-state index contributed by atoms with van der Waals surface area (Å²) in [6.07, 6.45) is 2.40. The summed E-state index contributed by atoms with van der Waals surface area (Å²) in [7, 11) is 0. The Labute approximate surface area is 86.6 Å². The Balaban J connectivity index is 2.26. The molecule has 0 spiro atoms. The number of phenolic OH excluding ortho intramolecular Hbond substituents is 1. The third-order valence-electron chi connectivity index (χ3n) is 1.80. The average Bonchev–Trinajstić information content (AvgIpc) is 2.22. The lowest BCUT2D eigenvalue weighted by molar-refractivity contribution is 0.477. The van der Waals surface area contributed by atoms with Gasteiger partial charge in [-0.1, -0.05) is 12.1 Å². The van der Waals surface area contributed by atoms with E-state index in [1.165, 1.54) is 0 Å². The van der Waals surface area contributed by atoms with Crippen molar-refractivity contribution in [3.8, 4) is 5.75 Å². The molecule has 5 heteroatoms. The smallest absolute Gasteiger partial charge is 0.201 e. The zero-order chi connectivity index (χ0) is 10.7. The van der Waals surface area contributed by atoms with Gasteiger partial charge >= 0.3 is 0 Å². The lowest BCUT2D eigenvalue weighted by Gasteiger charge is -2.06. The van der Waals surface area contributed by atoms with Crippen molar-refractivity contribution in [3.63, 3.8) is 0 Å². The van der Waals surface area contributed by atoms with Crippen molar-refractivity contribution >= 4 is 17.3 Å². The van der Waals surface area contributed by atoms with Crippen LogP contribution in [0.5, 0.6) is 5.75 Å². The van der Waals surface area contributed by atoms with E-state index in [-0.39, 0.29) is 5.75 Å². The molecule has 0 saturated heterocycles. The molecule has 0 saturated carbocycles. The summed E-state index contributed by atoms with van der Waals surface area (Å²) in [6, 6.07) is 8.41. The Morgan fingerprint density at radius 1 is 1.27 bits per heavy atom. The molecule has 0 amide bonds. The topological polar surface area (TPSA) is 84.1 Å². The fraction of sp³-hybridized carbons (Fsp3) is 0. The third kappa shape index (κ3) is 2.14. The summed E-state index contributed by atoms with van der Waals surface area (Å²) < 4.78 is 0. The maximum Gasteiger partial charge on any atom is 0.201 e. The molecule has 1 aromatic carbocycles.